The number of nitrogens with zero attached hydrogens (tertiary/aromatic N) is 2. The number of para-hydroxylation sites is 2. The Morgan fingerprint density at radius 1 is 0.611 bits per heavy atom. The smallest absolute Gasteiger partial charge is 0.165 e. The van der Waals surface area contributed by atoms with Gasteiger partial charge in [-0.25, -0.2) is 9.97 Å². The molecule has 0 aliphatic heterocycles. The number of benzene rings is 4. The highest BCUT2D eigenvalue weighted by atomic mass is 32.1. The first kappa shape index (κ1) is 22.3. The van der Waals surface area contributed by atoms with E-state index in [0.717, 1.165) is 41.6 Å². The van der Waals surface area contributed by atoms with Gasteiger partial charge < -0.3 is 19.7 Å². The fraction of sp³-hybridized carbons (Fsp3) is 0.0714. The molecule has 36 heavy (non-hydrogen) atoms. The summed E-state index contributed by atoms with van der Waals surface area (Å²) >= 11 is 3.10. The summed E-state index contributed by atoms with van der Waals surface area (Å²) in [5, 5.41) is 23.8. The van der Waals surface area contributed by atoms with Crippen molar-refractivity contribution in [2.45, 2.75) is 0 Å². The average molecular weight is 513 g/mol. The summed E-state index contributed by atoms with van der Waals surface area (Å²) < 4.78 is 13.1. The number of aromatic hydroxyl groups is 2. The van der Waals surface area contributed by atoms with Gasteiger partial charge in [-0.3, -0.25) is 0 Å². The highest BCUT2D eigenvalue weighted by molar-refractivity contribution is 7.22. The second kappa shape index (κ2) is 8.82. The predicted molar refractivity (Wildman–Crippen MR) is 146 cm³/mol. The molecule has 0 radical (unpaired) electrons. The van der Waals surface area contributed by atoms with Crippen molar-refractivity contribution >= 4 is 43.1 Å². The molecule has 6 aromatic rings. The Kier molecular flexibility index (Phi) is 5.47. The number of hydrogen-bond donors (Lipinski definition) is 2. The van der Waals surface area contributed by atoms with Crippen LogP contribution in [0.15, 0.2) is 72.8 Å². The van der Waals surface area contributed by atoms with Crippen LogP contribution in [0, 0.1) is 0 Å². The first-order valence-corrected chi connectivity index (χ1v) is 12.7. The molecule has 0 saturated carbocycles. The molecule has 0 atom stereocenters. The number of rotatable bonds is 5. The summed E-state index contributed by atoms with van der Waals surface area (Å²) in [6, 6.07) is 23.0. The molecule has 6 nitrogen and oxygen atoms in total. The van der Waals surface area contributed by atoms with E-state index in [9.17, 15) is 10.2 Å². The standard InChI is InChI=1S/C28H20N2O4S2/c1-33-21-13-15(27-29-19-7-3-5-9-23(19)35-27)11-17(25(21)31)18-12-16(14-22(34-2)26(18)32)28-30-20-8-4-6-10-24(20)36-28/h3-14,31-32H,1-2H3. The minimum absolute atomic E-state index is 0.0823. The SMILES string of the molecule is COc1cc(-c2nc3ccccc3s2)cc(-c2cc(-c3nc4ccccc4s3)cc(OC)c2O)c1O. The third-order valence-electron chi connectivity index (χ3n) is 5.96. The topological polar surface area (TPSA) is 84.7 Å². The van der Waals surface area contributed by atoms with Gasteiger partial charge in [0.1, 0.15) is 10.0 Å². The number of phenols is 2. The number of phenolic OH excluding ortho intramolecular Hbond substituents is 2. The van der Waals surface area contributed by atoms with Gasteiger partial charge in [0, 0.05) is 22.3 Å². The van der Waals surface area contributed by atoms with E-state index < -0.39 is 0 Å². The van der Waals surface area contributed by atoms with Gasteiger partial charge >= 0.3 is 0 Å². The quantitative estimate of drug-likeness (QED) is 0.251. The summed E-state index contributed by atoms with van der Waals surface area (Å²) in [5.41, 5.74) is 4.14. The minimum atomic E-state index is -0.0823. The van der Waals surface area contributed by atoms with E-state index in [-0.39, 0.29) is 23.0 Å². The normalized spacial score (nSPS) is 11.3. The van der Waals surface area contributed by atoms with Crippen LogP contribution in [0.3, 0.4) is 0 Å². The number of thiazole rings is 2. The van der Waals surface area contributed by atoms with Crippen molar-refractivity contribution in [2.75, 3.05) is 14.2 Å². The van der Waals surface area contributed by atoms with Crippen molar-refractivity contribution in [1.29, 1.82) is 0 Å². The van der Waals surface area contributed by atoms with Gasteiger partial charge in [0.15, 0.2) is 23.0 Å². The zero-order valence-electron chi connectivity index (χ0n) is 19.4. The maximum atomic E-state index is 11.1. The third-order valence-corrected chi connectivity index (χ3v) is 8.13. The molecule has 0 saturated heterocycles. The predicted octanol–water partition coefficient (Wildman–Crippen LogP) is 7.34. The molecule has 2 heterocycles. The molecule has 4 aromatic carbocycles. The van der Waals surface area contributed by atoms with Crippen molar-refractivity contribution < 1.29 is 19.7 Å². The average Bonchev–Trinajstić information content (AvgIpc) is 3.54. The fourth-order valence-electron chi connectivity index (χ4n) is 4.18. The zero-order chi connectivity index (χ0) is 24.8. The molecule has 0 bridgehead atoms. The third kappa shape index (κ3) is 3.71. The van der Waals surface area contributed by atoms with Crippen molar-refractivity contribution in [2.24, 2.45) is 0 Å². The number of fused-ring (bicyclic) bond motifs is 2. The van der Waals surface area contributed by atoms with Crippen LogP contribution in [0.2, 0.25) is 0 Å². The second-order valence-electron chi connectivity index (χ2n) is 8.12. The summed E-state index contributed by atoms with van der Waals surface area (Å²) in [7, 11) is 3.00. The zero-order valence-corrected chi connectivity index (χ0v) is 21.0. The van der Waals surface area contributed by atoms with Crippen LogP contribution >= 0.6 is 22.7 Å². The van der Waals surface area contributed by atoms with Crippen LogP contribution in [0.5, 0.6) is 23.0 Å². The Bertz CT molecular complexity index is 1560. The molecule has 0 fully saturated rings. The van der Waals surface area contributed by atoms with Crippen LogP contribution < -0.4 is 9.47 Å². The minimum Gasteiger partial charge on any atom is -0.504 e. The van der Waals surface area contributed by atoms with E-state index in [2.05, 4.69) is 0 Å². The molecule has 2 aromatic heterocycles. The van der Waals surface area contributed by atoms with E-state index in [1.54, 1.807) is 34.8 Å². The van der Waals surface area contributed by atoms with Crippen LogP contribution in [0.25, 0.3) is 52.7 Å². The summed E-state index contributed by atoms with van der Waals surface area (Å²) in [6.45, 7) is 0. The number of hydrogen-bond acceptors (Lipinski definition) is 8. The molecular formula is C28H20N2O4S2. The molecule has 178 valence electrons. The lowest BCUT2D eigenvalue weighted by Gasteiger charge is -2.15. The van der Waals surface area contributed by atoms with Gasteiger partial charge in [-0.1, -0.05) is 24.3 Å². The monoisotopic (exact) mass is 512 g/mol. The lowest BCUT2D eigenvalue weighted by molar-refractivity contribution is 0.371. The van der Waals surface area contributed by atoms with E-state index in [4.69, 9.17) is 19.4 Å². The first-order chi connectivity index (χ1) is 17.6. The van der Waals surface area contributed by atoms with E-state index in [1.165, 1.54) is 14.2 Å². The highest BCUT2D eigenvalue weighted by Gasteiger charge is 2.22. The van der Waals surface area contributed by atoms with Crippen LogP contribution in [0.1, 0.15) is 0 Å². The first-order valence-electron chi connectivity index (χ1n) is 11.1. The molecule has 0 spiro atoms. The Hall–Kier alpha value is -4.14. The lowest BCUT2D eigenvalue weighted by Crippen LogP contribution is -1.92. The Balaban J connectivity index is 1.56. The summed E-state index contributed by atoms with van der Waals surface area (Å²) in [4.78, 5) is 9.51. The van der Waals surface area contributed by atoms with Gasteiger partial charge in [-0.15, -0.1) is 22.7 Å². The van der Waals surface area contributed by atoms with Gasteiger partial charge in [0.25, 0.3) is 0 Å². The largest absolute Gasteiger partial charge is 0.504 e. The van der Waals surface area contributed by atoms with Crippen molar-refractivity contribution in [1.82, 2.24) is 9.97 Å². The maximum Gasteiger partial charge on any atom is 0.165 e. The van der Waals surface area contributed by atoms with Crippen molar-refractivity contribution in [3.05, 3.63) is 72.8 Å². The molecule has 0 aliphatic rings. The number of ether oxygens (including phenoxy) is 2. The van der Waals surface area contributed by atoms with Gasteiger partial charge in [-0.05, 0) is 48.5 Å². The van der Waals surface area contributed by atoms with E-state index in [1.807, 2.05) is 60.7 Å². The Morgan fingerprint density at radius 3 is 1.42 bits per heavy atom. The van der Waals surface area contributed by atoms with Crippen molar-refractivity contribution in [3.63, 3.8) is 0 Å². The summed E-state index contributed by atoms with van der Waals surface area (Å²) in [5.74, 6) is 0.401. The van der Waals surface area contributed by atoms with E-state index >= 15 is 0 Å². The number of aromatic nitrogens is 2. The molecule has 8 heteroatoms. The van der Waals surface area contributed by atoms with Crippen LogP contribution in [-0.4, -0.2) is 34.4 Å². The van der Waals surface area contributed by atoms with E-state index in [0.29, 0.717) is 11.1 Å². The number of methoxy groups -OCH3 is 2. The van der Waals surface area contributed by atoms with Gasteiger partial charge in [-0.2, -0.15) is 0 Å². The lowest BCUT2D eigenvalue weighted by atomic mass is 9.98. The van der Waals surface area contributed by atoms with Crippen molar-refractivity contribution in [3.8, 4) is 55.3 Å². The molecule has 0 unspecified atom stereocenters. The second-order valence-corrected chi connectivity index (χ2v) is 10.2. The maximum absolute atomic E-state index is 11.1. The van der Waals surface area contributed by atoms with Crippen LogP contribution in [0.4, 0.5) is 0 Å². The van der Waals surface area contributed by atoms with Gasteiger partial charge in [0.05, 0.1) is 34.7 Å². The highest BCUT2D eigenvalue weighted by Crippen LogP contribution is 2.49. The molecule has 2 N–H and O–H groups in total. The molecule has 0 aliphatic carbocycles. The fourth-order valence-corrected chi connectivity index (χ4v) is 6.08. The Morgan fingerprint density at radius 2 is 1.03 bits per heavy atom. The Labute approximate surface area is 214 Å². The summed E-state index contributed by atoms with van der Waals surface area (Å²) in [6.07, 6.45) is 0. The molecule has 0 amide bonds. The van der Waals surface area contributed by atoms with Gasteiger partial charge in [0.2, 0.25) is 0 Å². The molecular weight excluding hydrogens is 492 g/mol. The van der Waals surface area contributed by atoms with Crippen LogP contribution in [-0.2, 0) is 0 Å². The molecule has 6 rings (SSSR count).